The smallest absolute Gasteiger partial charge is 0.408 e. The Hall–Kier alpha value is -4.34. The number of rotatable bonds is 13. The van der Waals surface area contributed by atoms with Crippen LogP contribution in [-0.4, -0.2) is 66.2 Å². The van der Waals surface area contributed by atoms with Gasteiger partial charge in [-0.1, -0.05) is 66.7 Å². The molecule has 0 aliphatic carbocycles. The molecule has 10 nitrogen and oxygen atoms in total. The first-order valence-corrected chi connectivity index (χ1v) is 14.8. The van der Waals surface area contributed by atoms with Gasteiger partial charge >= 0.3 is 12.2 Å². The second-order valence-corrected chi connectivity index (χ2v) is 11.5. The molecule has 1 heterocycles. The molecule has 0 spiro atoms. The van der Waals surface area contributed by atoms with Crippen LogP contribution >= 0.6 is 0 Å². The third-order valence-corrected chi connectivity index (χ3v) is 6.67. The molecule has 1 fully saturated rings. The van der Waals surface area contributed by atoms with Gasteiger partial charge in [0.2, 0.25) is 11.8 Å². The molecule has 0 saturated carbocycles. The fourth-order valence-electron chi connectivity index (χ4n) is 4.55. The van der Waals surface area contributed by atoms with E-state index in [4.69, 9.17) is 9.47 Å². The van der Waals surface area contributed by atoms with Crippen molar-refractivity contribution in [3.8, 4) is 0 Å². The van der Waals surface area contributed by atoms with Gasteiger partial charge < -0.3 is 30.3 Å². The molecule has 0 aromatic heterocycles. The maximum atomic E-state index is 13.5. The number of nitrogens with one attached hydrogen (secondary N) is 3. The van der Waals surface area contributed by atoms with Crippen LogP contribution in [0, 0.1) is 0 Å². The predicted molar refractivity (Wildman–Crippen MR) is 164 cm³/mol. The molecule has 43 heavy (non-hydrogen) atoms. The number of benzene rings is 2. The largest absolute Gasteiger partial charge is 0.445 e. The zero-order valence-corrected chi connectivity index (χ0v) is 25.3. The number of alkyl carbamates (subject to hydrolysis) is 2. The Morgan fingerprint density at radius 3 is 2.14 bits per heavy atom. The highest BCUT2D eigenvalue weighted by Crippen LogP contribution is 2.11. The fraction of sp³-hybridized carbons (Fsp3) is 0.455. The number of ether oxygens (including phenoxy) is 2. The van der Waals surface area contributed by atoms with E-state index in [1.807, 2.05) is 60.7 Å². The van der Waals surface area contributed by atoms with Gasteiger partial charge in [-0.3, -0.25) is 9.59 Å². The SMILES string of the molecule is CC(C)(C)OC(=O)N[C@H](CCCNC(=O)OCc1ccccc1)C(=O)N[C@H](/C=C/C(=O)N1CCCC1)Cc1ccccc1. The Morgan fingerprint density at radius 2 is 1.51 bits per heavy atom. The molecule has 10 heteroatoms. The van der Waals surface area contributed by atoms with E-state index in [0.717, 1.165) is 37.1 Å². The summed E-state index contributed by atoms with van der Waals surface area (Å²) in [6.45, 7) is 7.07. The second kappa shape index (κ2) is 16.9. The standard InChI is InChI=1S/C33H44N4O6/c1-33(2,3)43-32(41)36-28(17-12-20-34-31(40)42-24-26-15-8-5-9-16-26)30(39)35-27(23-25-13-6-4-7-14-25)18-19-29(38)37-21-10-11-22-37/h4-9,13-16,18-19,27-28H,10-12,17,20-24H2,1-3H3,(H,34,40)(H,35,39)(H,36,41)/b19-18+/t27-,28-/m1/s1. The Bertz CT molecular complexity index is 1210. The second-order valence-electron chi connectivity index (χ2n) is 11.5. The van der Waals surface area contributed by atoms with Gasteiger partial charge in [-0.15, -0.1) is 0 Å². The van der Waals surface area contributed by atoms with Crippen molar-refractivity contribution in [3.05, 3.63) is 83.9 Å². The van der Waals surface area contributed by atoms with Gasteiger partial charge in [-0.2, -0.15) is 0 Å². The summed E-state index contributed by atoms with van der Waals surface area (Å²) in [5.41, 5.74) is 1.11. The molecule has 1 saturated heterocycles. The highest BCUT2D eigenvalue weighted by Gasteiger charge is 2.26. The maximum absolute atomic E-state index is 13.5. The van der Waals surface area contributed by atoms with Crippen LogP contribution in [0.25, 0.3) is 0 Å². The summed E-state index contributed by atoms with van der Waals surface area (Å²) >= 11 is 0. The van der Waals surface area contributed by atoms with Crippen LogP contribution < -0.4 is 16.0 Å². The first kappa shape index (κ1) is 33.2. The van der Waals surface area contributed by atoms with Crippen LogP contribution in [0.2, 0.25) is 0 Å². The molecule has 3 N–H and O–H groups in total. The van der Waals surface area contributed by atoms with Crippen molar-refractivity contribution in [2.75, 3.05) is 19.6 Å². The number of carbonyl (C=O) groups is 4. The quantitative estimate of drug-likeness (QED) is 0.232. The Labute approximate surface area is 254 Å². The van der Waals surface area contributed by atoms with Crippen molar-refractivity contribution in [1.29, 1.82) is 0 Å². The topological polar surface area (TPSA) is 126 Å². The van der Waals surface area contributed by atoms with Crippen molar-refractivity contribution in [1.82, 2.24) is 20.9 Å². The van der Waals surface area contributed by atoms with Crippen LogP contribution in [0.15, 0.2) is 72.8 Å². The summed E-state index contributed by atoms with van der Waals surface area (Å²) in [6.07, 6.45) is 5.00. The van der Waals surface area contributed by atoms with Gasteiger partial charge in [0.1, 0.15) is 18.2 Å². The maximum Gasteiger partial charge on any atom is 0.408 e. The van der Waals surface area contributed by atoms with E-state index in [0.29, 0.717) is 12.8 Å². The minimum atomic E-state index is -0.932. The molecule has 0 radical (unpaired) electrons. The Morgan fingerprint density at radius 1 is 0.884 bits per heavy atom. The lowest BCUT2D eigenvalue weighted by molar-refractivity contribution is -0.125. The van der Waals surface area contributed by atoms with Crippen LogP contribution in [0.5, 0.6) is 0 Å². The van der Waals surface area contributed by atoms with Crippen molar-refractivity contribution in [2.45, 2.75) is 77.2 Å². The van der Waals surface area contributed by atoms with Gasteiger partial charge in [0, 0.05) is 25.7 Å². The van der Waals surface area contributed by atoms with E-state index in [1.165, 1.54) is 6.08 Å². The number of likely N-dealkylation sites (tertiary alicyclic amines) is 1. The molecule has 4 amide bonds. The van der Waals surface area contributed by atoms with E-state index in [2.05, 4.69) is 16.0 Å². The van der Waals surface area contributed by atoms with Gasteiger partial charge in [-0.05, 0) is 64.0 Å². The van der Waals surface area contributed by atoms with Crippen molar-refractivity contribution >= 4 is 24.0 Å². The molecule has 1 aliphatic rings. The normalized spacial score (nSPS) is 14.5. The first-order chi connectivity index (χ1) is 20.6. The molecular formula is C33H44N4O6. The molecule has 1 aliphatic heterocycles. The number of nitrogens with zero attached hydrogens (tertiary/aromatic N) is 1. The minimum absolute atomic E-state index is 0.0848. The van der Waals surface area contributed by atoms with Crippen molar-refractivity contribution in [3.63, 3.8) is 0 Å². The fourth-order valence-corrected chi connectivity index (χ4v) is 4.55. The molecule has 3 rings (SSSR count). The van der Waals surface area contributed by atoms with E-state index in [-0.39, 0.29) is 25.5 Å². The van der Waals surface area contributed by atoms with E-state index >= 15 is 0 Å². The summed E-state index contributed by atoms with van der Waals surface area (Å²) in [5.74, 6) is -0.504. The Kier molecular flexibility index (Phi) is 13.1. The zero-order valence-electron chi connectivity index (χ0n) is 25.3. The third kappa shape index (κ3) is 13.0. The van der Waals surface area contributed by atoms with Gasteiger partial charge in [0.05, 0.1) is 6.04 Å². The van der Waals surface area contributed by atoms with Crippen LogP contribution in [0.4, 0.5) is 9.59 Å². The number of carbonyl (C=O) groups excluding carboxylic acids is 4. The lowest BCUT2D eigenvalue weighted by atomic mass is 10.0. The zero-order chi connectivity index (χ0) is 31.1. The molecule has 2 atom stereocenters. The van der Waals surface area contributed by atoms with Crippen molar-refractivity contribution in [2.24, 2.45) is 0 Å². The lowest BCUT2D eigenvalue weighted by Gasteiger charge is -2.25. The molecule has 0 bridgehead atoms. The highest BCUT2D eigenvalue weighted by molar-refractivity contribution is 5.88. The van der Waals surface area contributed by atoms with Gasteiger partial charge in [0.25, 0.3) is 0 Å². The summed E-state index contributed by atoms with van der Waals surface area (Å²) in [6, 6.07) is 17.6. The lowest BCUT2D eigenvalue weighted by Crippen LogP contribution is -2.51. The predicted octanol–water partition coefficient (Wildman–Crippen LogP) is 4.49. The number of hydrogen-bond acceptors (Lipinski definition) is 6. The average molecular weight is 593 g/mol. The first-order valence-electron chi connectivity index (χ1n) is 14.8. The van der Waals surface area contributed by atoms with Crippen molar-refractivity contribution < 1.29 is 28.7 Å². The number of hydrogen-bond donors (Lipinski definition) is 3. The molecule has 0 unspecified atom stereocenters. The molecule has 2 aromatic rings. The summed E-state index contributed by atoms with van der Waals surface area (Å²) < 4.78 is 10.6. The van der Waals surface area contributed by atoms with E-state index < -0.39 is 35.8 Å². The Balaban J connectivity index is 1.62. The summed E-state index contributed by atoms with van der Waals surface area (Å²) in [4.78, 5) is 52.7. The monoisotopic (exact) mass is 592 g/mol. The third-order valence-electron chi connectivity index (χ3n) is 6.67. The van der Waals surface area contributed by atoms with Crippen LogP contribution in [-0.2, 0) is 32.1 Å². The van der Waals surface area contributed by atoms with Gasteiger partial charge in [0.15, 0.2) is 0 Å². The van der Waals surface area contributed by atoms with Crippen LogP contribution in [0.1, 0.15) is 57.6 Å². The van der Waals surface area contributed by atoms with Gasteiger partial charge in [-0.25, -0.2) is 9.59 Å². The molecular weight excluding hydrogens is 548 g/mol. The minimum Gasteiger partial charge on any atom is -0.445 e. The summed E-state index contributed by atoms with van der Waals surface area (Å²) in [5, 5.41) is 8.34. The molecule has 232 valence electrons. The van der Waals surface area contributed by atoms with E-state index in [1.54, 1.807) is 31.7 Å². The van der Waals surface area contributed by atoms with E-state index in [9.17, 15) is 19.2 Å². The number of amides is 4. The highest BCUT2D eigenvalue weighted by atomic mass is 16.6. The average Bonchev–Trinajstić information content (AvgIpc) is 3.52. The summed E-state index contributed by atoms with van der Waals surface area (Å²) in [7, 11) is 0. The van der Waals surface area contributed by atoms with Crippen LogP contribution in [0.3, 0.4) is 0 Å². The molecule has 2 aromatic carbocycles.